The molecule has 1 aliphatic heterocycles. The first-order valence-corrected chi connectivity index (χ1v) is 8.18. The zero-order valence-electron chi connectivity index (χ0n) is 11.4. The van der Waals surface area contributed by atoms with Crippen LogP contribution in [0.4, 0.5) is 0 Å². The molecule has 1 fully saturated rings. The molecular formula is C15H24N2S. The zero-order valence-corrected chi connectivity index (χ0v) is 12.2. The Hall–Kier alpha value is -0.510. The lowest BCUT2D eigenvalue weighted by Gasteiger charge is -2.20. The molecule has 2 atom stereocenters. The zero-order chi connectivity index (χ0) is 12.8. The number of rotatable bonds is 6. The molecule has 0 spiro atoms. The molecule has 1 aliphatic rings. The first-order valence-electron chi connectivity index (χ1n) is 6.79. The minimum Gasteiger partial charge on any atom is -0.309 e. The molecule has 3 heteroatoms. The van der Waals surface area contributed by atoms with Gasteiger partial charge in [0.2, 0.25) is 0 Å². The molecule has 0 radical (unpaired) electrons. The molecule has 1 heterocycles. The van der Waals surface area contributed by atoms with Crippen molar-refractivity contribution in [1.29, 1.82) is 0 Å². The molecule has 0 aliphatic carbocycles. The molecule has 1 aromatic rings. The van der Waals surface area contributed by atoms with Gasteiger partial charge in [0.1, 0.15) is 0 Å². The minimum absolute atomic E-state index is 0.627. The van der Waals surface area contributed by atoms with Crippen LogP contribution in [0.15, 0.2) is 30.3 Å². The van der Waals surface area contributed by atoms with Crippen LogP contribution in [0.3, 0.4) is 0 Å². The van der Waals surface area contributed by atoms with Gasteiger partial charge in [-0.2, -0.15) is 11.8 Å². The van der Waals surface area contributed by atoms with Gasteiger partial charge in [0.25, 0.3) is 0 Å². The van der Waals surface area contributed by atoms with Crippen molar-refractivity contribution in [3.05, 3.63) is 35.9 Å². The topological polar surface area (TPSA) is 15.3 Å². The Morgan fingerprint density at radius 3 is 2.89 bits per heavy atom. The van der Waals surface area contributed by atoms with Crippen molar-refractivity contribution < 1.29 is 0 Å². The molecule has 0 bridgehead atoms. The SMILES string of the molecule is CSC[C@H](C)N[C@H]1CCN(Cc2ccccc2)C1. The van der Waals surface area contributed by atoms with Crippen molar-refractivity contribution in [2.45, 2.75) is 32.0 Å². The van der Waals surface area contributed by atoms with Crippen molar-refractivity contribution in [2.75, 3.05) is 25.1 Å². The summed E-state index contributed by atoms with van der Waals surface area (Å²) < 4.78 is 0. The summed E-state index contributed by atoms with van der Waals surface area (Å²) in [6, 6.07) is 12.1. The number of benzene rings is 1. The van der Waals surface area contributed by atoms with Gasteiger partial charge in [-0.05, 0) is 25.2 Å². The Bertz CT molecular complexity index is 342. The molecule has 100 valence electrons. The molecule has 1 saturated heterocycles. The Morgan fingerprint density at radius 2 is 2.17 bits per heavy atom. The van der Waals surface area contributed by atoms with E-state index >= 15 is 0 Å². The quantitative estimate of drug-likeness (QED) is 0.850. The molecule has 0 unspecified atom stereocenters. The number of nitrogens with one attached hydrogen (secondary N) is 1. The number of thioether (sulfide) groups is 1. The van der Waals surface area contributed by atoms with Crippen LogP contribution in [-0.2, 0) is 6.54 Å². The van der Waals surface area contributed by atoms with Gasteiger partial charge >= 0.3 is 0 Å². The van der Waals surface area contributed by atoms with Gasteiger partial charge < -0.3 is 5.32 Å². The van der Waals surface area contributed by atoms with Crippen molar-refractivity contribution in [1.82, 2.24) is 10.2 Å². The van der Waals surface area contributed by atoms with E-state index in [0.29, 0.717) is 12.1 Å². The lowest BCUT2D eigenvalue weighted by Crippen LogP contribution is -2.39. The molecule has 2 nitrogen and oxygen atoms in total. The fourth-order valence-electron chi connectivity index (χ4n) is 2.65. The van der Waals surface area contributed by atoms with Crippen molar-refractivity contribution in [3.63, 3.8) is 0 Å². The maximum atomic E-state index is 3.73. The lowest BCUT2D eigenvalue weighted by atomic mass is 10.2. The standard InChI is InChI=1S/C15H24N2S/c1-13(12-18-2)16-15-8-9-17(11-15)10-14-6-4-3-5-7-14/h3-7,13,15-16H,8-12H2,1-2H3/t13-,15-/m0/s1. The number of hydrogen-bond donors (Lipinski definition) is 1. The number of nitrogens with zero attached hydrogens (tertiary/aromatic N) is 1. The molecule has 1 aromatic carbocycles. The normalized spacial score (nSPS) is 22.2. The summed E-state index contributed by atoms with van der Waals surface area (Å²) in [6.45, 7) is 5.79. The third kappa shape index (κ3) is 4.30. The molecule has 18 heavy (non-hydrogen) atoms. The van der Waals surface area contributed by atoms with Crippen molar-refractivity contribution in [3.8, 4) is 0 Å². The van der Waals surface area contributed by atoms with Crippen LogP contribution in [-0.4, -0.2) is 42.1 Å². The molecule has 0 aromatic heterocycles. The predicted octanol–water partition coefficient (Wildman–Crippen LogP) is 2.60. The molecule has 0 amide bonds. The summed E-state index contributed by atoms with van der Waals surface area (Å²) in [4.78, 5) is 2.55. The first-order chi connectivity index (χ1) is 8.78. The largest absolute Gasteiger partial charge is 0.309 e. The summed E-state index contributed by atoms with van der Waals surface area (Å²) in [5.41, 5.74) is 1.43. The first kappa shape index (κ1) is 13.9. The highest BCUT2D eigenvalue weighted by atomic mass is 32.2. The lowest BCUT2D eigenvalue weighted by molar-refractivity contribution is 0.317. The van der Waals surface area contributed by atoms with Gasteiger partial charge in [-0.1, -0.05) is 30.3 Å². The van der Waals surface area contributed by atoms with Crippen LogP contribution < -0.4 is 5.32 Å². The average Bonchev–Trinajstić information content (AvgIpc) is 2.78. The van der Waals surface area contributed by atoms with E-state index in [0.717, 1.165) is 6.54 Å². The third-order valence-corrected chi connectivity index (χ3v) is 4.29. The monoisotopic (exact) mass is 264 g/mol. The van der Waals surface area contributed by atoms with Gasteiger partial charge in [-0.25, -0.2) is 0 Å². The van der Waals surface area contributed by atoms with Crippen molar-refractivity contribution >= 4 is 11.8 Å². The van der Waals surface area contributed by atoms with Crippen LogP contribution in [0.2, 0.25) is 0 Å². The number of likely N-dealkylation sites (tertiary alicyclic amines) is 1. The second kappa shape index (κ2) is 7.17. The Morgan fingerprint density at radius 1 is 1.39 bits per heavy atom. The molecule has 1 N–H and O–H groups in total. The predicted molar refractivity (Wildman–Crippen MR) is 81.1 cm³/mol. The fourth-order valence-corrected chi connectivity index (χ4v) is 3.25. The van der Waals surface area contributed by atoms with Gasteiger partial charge in [0.05, 0.1) is 0 Å². The van der Waals surface area contributed by atoms with E-state index < -0.39 is 0 Å². The Labute approximate surface area is 115 Å². The van der Waals surface area contributed by atoms with E-state index in [1.807, 2.05) is 11.8 Å². The summed E-state index contributed by atoms with van der Waals surface area (Å²) in [7, 11) is 0. The highest BCUT2D eigenvalue weighted by Crippen LogP contribution is 2.14. The Balaban J connectivity index is 1.75. The minimum atomic E-state index is 0.627. The summed E-state index contributed by atoms with van der Waals surface area (Å²) >= 11 is 1.92. The maximum Gasteiger partial charge on any atom is 0.0234 e. The van der Waals surface area contributed by atoms with Crippen LogP contribution >= 0.6 is 11.8 Å². The molecule has 2 rings (SSSR count). The summed E-state index contributed by atoms with van der Waals surface area (Å²) in [5.74, 6) is 1.20. The van der Waals surface area contributed by atoms with Gasteiger partial charge in [0.15, 0.2) is 0 Å². The van der Waals surface area contributed by atoms with Gasteiger partial charge in [-0.15, -0.1) is 0 Å². The van der Waals surface area contributed by atoms with Crippen LogP contribution in [0.5, 0.6) is 0 Å². The molecule has 0 saturated carbocycles. The van der Waals surface area contributed by atoms with Crippen LogP contribution in [0, 0.1) is 0 Å². The van der Waals surface area contributed by atoms with Crippen LogP contribution in [0.1, 0.15) is 18.9 Å². The van der Waals surface area contributed by atoms with Gasteiger partial charge in [0, 0.05) is 37.5 Å². The van der Waals surface area contributed by atoms with Crippen LogP contribution in [0.25, 0.3) is 0 Å². The van der Waals surface area contributed by atoms with E-state index in [1.54, 1.807) is 0 Å². The second-order valence-corrected chi connectivity index (χ2v) is 6.14. The van der Waals surface area contributed by atoms with Crippen molar-refractivity contribution in [2.24, 2.45) is 0 Å². The summed E-state index contributed by atoms with van der Waals surface area (Å²) in [5, 5.41) is 3.73. The highest BCUT2D eigenvalue weighted by Gasteiger charge is 2.23. The Kier molecular flexibility index (Phi) is 5.54. The smallest absolute Gasteiger partial charge is 0.0234 e. The highest BCUT2D eigenvalue weighted by molar-refractivity contribution is 7.98. The van der Waals surface area contributed by atoms with E-state index in [4.69, 9.17) is 0 Å². The van der Waals surface area contributed by atoms with E-state index in [-0.39, 0.29) is 0 Å². The second-order valence-electron chi connectivity index (χ2n) is 5.23. The van der Waals surface area contributed by atoms with Gasteiger partial charge in [-0.3, -0.25) is 4.90 Å². The number of hydrogen-bond acceptors (Lipinski definition) is 3. The van der Waals surface area contributed by atoms with E-state index in [1.165, 1.54) is 30.8 Å². The average molecular weight is 264 g/mol. The summed E-state index contributed by atoms with van der Waals surface area (Å²) in [6.07, 6.45) is 3.46. The van der Waals surface area contributed by atoms with E-state index in [9.17, 15) is 0 Å². The molecular weight excluding hydrogens is 240 g/mol. The fraction of sp³-hybridized carbons (Fsp3) is 0.600. The van der Waals surface area contributed by atoms with E-state index in [2.05, 4.69) is 53.7 Å². The maximum absolute atomic E-state index is 3.73. The third-order valence-electron chi connectivity index (χ3n) is 3.46.